The molecular weight excluding hydrogens is 547 g/mol. The predicted molar refractivity (Wildman–Crippen MR) is 148 cm³/mol. The Kier molecular flexibility index (Phi) is 6.43. The van der Waals surface area contributed by atoms with E-state index < -0.39 is 21.4 Å². The van der Waals surface area contributed by atoms with Crippen LogP contribution in [0.3, 0.4) is 0 Å². The zero-order chi connectivity index (χ0) is 28.9. The minimum absolute atomic E-state index is 0.0990. The number of rotatable bonds is 6. The number of aromatic nitrogens is 3. The molecule has 1 aliphatic heterocycles. The van der Waals surface area contributed by atoms with Gasteiger partial charge in [-0.15, -0.1) is 0 Å². The van der Waals surface area contributed by atoms with Crippen LogP contribution in [0.2, 0.25) is 0 Å². The maximum absolute atomic E-state index is 14.3. The minimum Gasteiger partial charge on any atom is -0.478 e. The summed E-state index contributed by atoms with van der Waals surface area (Å²) in [5, 5.41) is 13.9. The quantitative estimate of drug-likeness (QED) is 0.342. The molecule has 0 unspecified atom stereocenters. The van der Waals surface area contributed by atoms with Gasteiger partial charge >= 0.3 is 5.97 Å². The second kappa shape index (κ2) is 9.86. The van der Waals surface area contributed by atoms with Crippen molar-refractivity contribution in [3.63, 3.8) is 0 Å². The number of halogens is 1. The average molecular weight is 573 g/mol. The molecule has 11 heteroatoms. The lowest BCUT2D eigenvalue weighted by Gasteiger charge is -2.44. The van der Waals surface area contributed by atoms with Crippen molar-refractivity contribution in [3.8, 4) is 5.69 Å². The molecule has 41 heavy (non-hydrogen) atoms. The summed E-state index contributed by atoms with van der Waals surface area (Å²) in [5.74, 6) is -1.90. The van der Waals surface area contributed by atoms with Crippen LogP contribution < -0.4 is 0 Å². The highest BCUT2D eigenvalue weighted by molar-refractivity contribution is 7.89. The summed E-state index contributed by atoms with van der Waals surface area (Å²) < 4.78 is 44.1. The van der Waals surface area contributed by atoms with Gasteiger partial charge in [0.25, 0.3) is 0 Å². The van der Waals surface area contributed by atoms with Crippen molar-refractivity contribution in [2.24, 2.45) is 5.41 Å². The van der Waals surface area contributed by atoms with Crippen LogP contribution in [-0.4, -0.2) is 57.4 Å². The lowest BCUT2D eigenvalue weighted by molar-refractivity contribution is 0.0696. The van der Waals surface area contributed by atoms with Crippen molar-refractivity contribution in [1.82, 2.24) is 19.1 Å². The summed E-state index contributed by atoms with van der Waals surface area (Å²) in [6, 6.07) is 14.6. The van der Waals surface area contributed by atoms with Crippen LogP contribution in [-0.2, 0) is 16.4 Å². The van der Waals surface area contributed by atoms with Crippen molar-refractivity contribution in [1.29, 1.82) is 0 Å². The molecule has 0 amide bonds. The van der Waals surface area contributed by atoms with Crippen molar-refractivity contribution in [2.45, 2.75) is 24.7 Å². The number of carboxylic acid groups (broad SMARTS) is 1. The fourth-order valence-corrected chi connectivity index (χ4v) is 7.20. The molecule has 0 radical (unpaired) electrons. The Hall–Kier alpha value is -4.48. The van der Waals surface area contributed by atoms with E-state index >= 15 is 0 Å². The Bertz CT molecular complexity index is 1850. The lowest BCUT2D eigenvalue weighted by atomic mass is 9.65. The van der Waals surface area contributed by atoms with Crippen LogP contribution in [0.25, 0.3) is 11.8 Å². The van der Waals surface area contributed by atoms with E-state index in [1.54, 1.807) is 41.3 Å². The second-order valence-electron chi connectivity index (χ2n) is 10.3. The predicted octanol–water partition coefficient (Wildman–Crippen LogP) is 4.32. The number of carboxylic acids is 1. The number of piperidine rings is 1. The van der Waals surface area contributed by atoms with Gasteiger partial charge in [0.15, 0.2) is 5.78 Å². The number of hydrogen-bond acceptors (Lipinski definition) is 6. The van der Waals surface area contributed by atoms with Gasteiger partial charge in [-0.1, -0.05) is 11.6 Å². The van der Waals surface area contributed by atoms with Gasteiger partial charge in [0.1, 0.15) is 11.5 Å². The van der Waals surface area contributed by atoms with Gasteiger partial charge < -0.3 is 5.11 Å². The Balaban J connectivity index is 1.45. The molecule has 6 rings (SSSR count). The zero-order valence-electron chi connectivity index (χ0n) is 22.0. The van der Waals surface area contributed by atoms with E-state index in [2.05, 4.69) is 10.1 Å². The van der Waals surface area contributed by atoms with Gasteiger partial charge in [0, 0.05) is 19.3 Å². The van der Waals surface area contributed by atoms with E-state index in [1.165, 1.54) is 34.6 Å². The highest BCUT2D eigenvalue weighted by atomic mass is 32.2. The Labute approximate surface area is 235 Å². The molecule has 2 aliphatic rings. The number of Topliss-reactive ketones (excluding diaryl/α,β-unsaturated/α-hetero) is 1. The van der Waals surface area contributed by atoms with E-state index in [4.69, 9.17) is 0 Å². The van der Waals surface area contributed by atoms with Crippen molar-refractivity contribution < 1.29 is 27.5 Å². The Morgan fingerprint density at radius 1 is 1.07 bits per heavy atom. The number of sulfonamides is 1. The number of fused-ring (bicyclic) bond motifs is 2. The second-order valence-corrected chi connectivity index (χ2v) is 12.3. The third-order valence-electron chi connectivity index (χ3n) is 7.75. The largest absolute Gasteiger partial charge is 0.478 e. The van der Waals surface area contributed by atoms with Crippen LogP contribution in [0.15, 0.2) is 83.5 Å². The maximum atomic E-state index is 14.3. The van der Waals surface area contributed by atoms with Crippen molar-refractivity contribution in [2.75, 3.05) is 13.1 Å². The fourth-order valence-electron chi connectivity index (χ4n) is 5.65. The number of ketones is 1. The van der Waals surface area contributed by atoms with Gasteiger partial charge in [0.05, 0.1) is 33.5 Å². The van der Waals surface area contributed by atoms with Crippen molar-refractivity contribution in [3.05, 3.63) is 113 Å². The van der Waals surface area contributed by atoms with Crippen LogP contribution in [0.1, 0.15) is 44.1 Å². The third kappa shape index (κ3) is 4.56. The first-order valence-corrected chi connectivity index (χ1v) is 14.4. The maximum Gasteiger partial charge on any atom is 0.335 e. The van der Waals surface area contributed by atoms with E-state index in [1.807, 2.05) is 13.0 Å². The number of carbonyl (C=O) groups is 2. The normalized spacial score (nSPS) is 18.7. The molecule has 4 aromatic rings. The average Bonchev–Trinajstić information content (AvgIpc) is 3.37. The minimum atomic E-state index is -4.14. The zero-order valence-corrected chi connectivity index (χ0v) is 22.8. The van der Waals surface area contributed by atoms with Gasteiger partial charge in [0.2, 0.25) is 10.0 Å². The summed E-state index contributed by atoms with van der Waals surface area (Å²) in [5.41, 5.74) is 2.59. The molecular formula is C30H25FN4O5S. The Morgan fingerprint density at radius 2 is 1.85 bits per heavy atom. The van der Waals surface area contributed by atoms with E-state index in [9.17, 15) is 27.5 Å². The van der Waals surface area contributed by atoms with Gasteiger partial charge in [-0.05, 0) is 91.6 Å². The molecule has 1 aliphatic carbocycles. The highest BCUT2D eigenvalue weighted by Crippen LogP contribution is 2.47. The number of hydrogen-bond donors (Lipinski definition) is 1. The van der Waals surface area contributed by atoms with E-state index in [0.717, 1.165) is 28.5 Å². The van der Waals surface area contributed by atoms with Gasteiger partial charge in [-0.25, -0.2) is 22.3 Å². The standard InChI is InChI=1S/C30H25FN4O5S/c1-19-9-11-32-26(13-19)28(36)30-16-21-17-33-35(24-7-5-23(31)6-8-24)27(21)15-22(30)10-12-34(18-30)41(39,40)25-4-2-3-20(14-25)29(37)38/h2-9,11,13-15,17H,10,12,16,18H2,1H3,(H,37,38)/t30-/m0/s1. The summed E-state index contributed by atoms with van der Waals surface area (Å²) in [6.45, 7) is 1.81. The molecule has 1 saturated heterocycles. The van der Waals surface area contributed by atoms with Crippen molar-refractivity contribution >= 4 is 27.9 Å². The molecule has 208 valence electrons. The van der Waals surface area contributed by atoms with Gasteiger partial charge in [-0.2, -0.15) is 9.40 Å². The number of pyridine rings is 1. The van der Waals surface area contributed by atoms with Gasteiger partial charge in [-0.3, -0.25) is 9.78 Å². The van der Waals surface area contributed by atoms with Crippen LogP contribution in [0, 0.1) is 18.2 Å². The fraction of sp³-hybridized carbons (Fsp3) is 0.200. The van der Waals surface area contributed by atoms with Crippen LogP contribution in [0.4, 0.5) is 4.39 Å². The topological polar surface area (TPSA) is 122 Å². The number of benzene rings is 2. The number of carbonyl (C=O) groups excluding carboxylic acids is 1. The summed E-state index contributed by atoms with van der Waals surface area (Å²) in [7, 11) is -4.14. The summed E-state index contributed by atoms with van der Waals surface area (Å²) in [6.07, 6.45) is 5.54. The lowest BCUT2D eigenvalue weighted by Crippen LogP contribution is -2.53. The first kappa shape index (κ1) is 26.7. The smallest absolute Gasteiger partial charge is 0.335 e. The first-order chi connectivity index (χ1) is 19.6. The highest BCUT2D eigenvalue weighted by Gasteiger charge is 2.51. The first-order valence-electron chi connectivity index (χ1n) is 12.9. The molecule has 2 aromatic carbocycles. The summed E-state index contributed by atoms with van der Waals surface area (Å²) in [4.78, 5) is 30.0. The van der Waals surface area contributed by atoms with Crippen LogP contribution >= 0.6 is 0 Å². The SMILES string of the molecule is Cc1ccnc(C(=O)[C@]23Cc4cnn(-c5ccc(F)cc5)c4C=C2CCN(S(=O)(=O)c2cccc(C(=O)O)c2)C3)c1. The third-order valence-corrected chi connectivity index (χ3v) is 9.59. The number of nitrogens with zero attached hydrogens (tertiary/aromatic N) is 4. The van der Waals surface area contributed by atoms with Crippen LogP contribution in [0.5, 0.6) is 0 Å². The molecule has 1 N–H and O–H groups in total. The van der Waals surface area contributed by atoms with E-state index in [-0.39, 0.29) is 53.7 Å². The molecule has 3 heterocycles. The number of aromatic carboxylic acids is 1. The molecule has 0 spiro atoms. The monoisotopic (exact) mass is 572 g/mol. The molecule has 1 fully saturated rings. The molecule has 9 nitrogen and oxygen atoms in total. The number of aryl methyl sites for hydroxylation is 1. The molecule has 2 aromatic heterocycles. The molecule has 1 atom stereocenters. The Morgan fingerprint density at radius 3 is 2.59 bits per heavy atom. The van der Waals surface area contributed by atoms with E-state index in [0.29, 0.717) is 5.69 Å². The summed E-state index contributed by atoms with van der Waals surface area (Å²) >= 11 is 0. The molecule has 0 saturated carbocycles. The molecule has 0 bridgehead atoms.